The molecule has 0 bridgehead atoms. The molecule has 140 valence electrons. The first-order chi connectivity index (χ1) is 12.1. The smallest absolute Gasteiger partial charge is 0.235 e. The van der Waals surface area contributed by atoms with Crippen LogP contribution < -0.4 is 5.32 Å². The maximum Gasteiger partial charge on any atom is 0.235 e. The molecule has 0 atom stereocenters. The van der Waals surface area contributed by atoms with Crippen LogP contribution in [0.2, 0.25) is 0 Å². The minimum Gasteiger partial charge on any atom is -0.384 e. The topological polar surface area (TPSA) is 90.4 Å². The van der Waals surface area contributed by atoms with Crippen molar-refractivity contribution in [2.75, 3.05) is 26.8 Å². The first-order valence-corrected chi connectivity index (χ1v) is 8.49. The molecule has 3 aromatic rings. The number of nitrogens with zero attached hydrogens (tertiary/aromatic N) is 5. The highest BCUT2D eigenvalue weighted by molar-refractivity contribution is 5.85. The molecule has 26 heavy (non-hydrogen) atoms. The van der Waals surface area contributed by atoms with Gasteiger partial charge in [0.25, 0.3) is 0 Å². The van der Waals surface area contributed by atoms with Gasteiger partial charge in [-0.3, -0.25) is 0 Å². The number of rotatable bonds is 4. The van der Waals surface area contributed by atoms with E-state index in [9.17, 15) is 0 Å². The molecule has 0 aliphatic carbocycles. The van der Waals surface area contributed by atoms with Gasteiger partial charge in [-0.25, -0.2) is 9.50 Å². The van der Waals surface area contributed by atoms with E-state index in [-0.39, 0.29) is 17.8 Å². The minimum atomic E-state index is -0.229. The van der Waals surface area contributed by atoms with Gasteiger partial charge in [-0.2, -0.15) is 10.1 Å². The second kappa shape index (κ2) is 7.30. The number of nitrogens with one attached hydrogen (secondary N) is 1. The maximum absolute atomic E-state index is 5.66. The Morgan fingerprint density at radius 1 is 1.27 bits per heavy atom. The second-order valence-electron chi connectivity index (χ2n) is 6.72. The van der Waals surface area contributed by atoms with Crippen molar-refractivity contribution >= 4 is 18.1 Å². The Labute approximate surface area is 157 Å². The van der Waals surface area contributed by atoms with Crippen molar-refractivity contribution in [2.45, 2.75) is 32.1 Å². The van der Waals surface area contributed by atoms with E-state index < -0.39 is 0 Å². The van der Waals surface area contributed by atoms with Crippen LogP contribution in [0, 0.1) is 13.8 Å². The summed E-state index contributed by atoms with van der Waals surface area (Å²) in [4.78, 5) is 9.29. The Hall–Kier alpha value is -2.03. The van der Waals surface area contributed by atoms with Crippen LogP contribution in [0.1, 0.15) is 30.1 Å². The zero-order chi connectivity index (χ0) is 17.4. The highest BCUT2D eigenvalue weighted by Gasteiger charge is 2.39. The van der Waals surface area contributed by atoms with E-state index in [1.54, 1.807) is 17.8 Å². The lowest BCUT2D eigenvalue weighted by molar-refractivity contribution is 0.0850. The van der Waals surface area contributed by atoms with Crippen molar-refractivity contribution in [3.63, 3.8) is 0 Å². The lowest BCUT2D eigenvalue weighted by atomic mass is 9.79. The van der Waals surface area contributed by atoms with Crippen molar-refractivity contribution < 1.29 is 9.26 Å². The van der Waals surface area contributed by atoms with Gasteiger partial charge < -0.3 is 14.6 Å². The summed E-state index contributed by atoms with van der Waals surface area (Å²) in [6.07, 6.45) is 3.57. The highest BCUT2D eigenvalue weighted by Crippen LogP contribution is 2.34. The standard InChI is InChI=1S/C17H22N6O2.ClH/c1-11-8-12(2)23-15(20-11)13(9-19-23)14-21-16(25-22-14)17(10-24-3)4-6-18-7-5-17;/h8-9,18H,4-7,10H2,1-3H3;1H. The third-order valence-electron chi connectivity index (χ3n) is 4.88. The van der Waals surface area contributed by atoms with Crippen LogP contribution in [0.25, 0.3) is 17.0 Å². The SMILES string of the molecule is COCC1(c2nc(-c3cnn4c(C)cc(C)nc34)no2)CCNCC1.Cl. The molecule has 1 N–H and O–H groups in total. The molecule has 1 fully saturated rings. The summed E-state index contributed by atoms with van der Waals surface area (Å²) in [5.74, 6) is 1.16. The van der Waals surface area contributed by atoms with Gasteiger partial charge in [0.15, 0.2) is 5.65 Å². The molecule has 0 spiro atoms. The number of hydrogen-bond donors (Lipinski definition) is 1. The van der Waals surface area contributed by atoms with Gasteiger partial charge in [0.1, 0.15) is 0 Å². The van der Waals surface area contributed by atoms with E-state index in [2.05, 4.69) is 20.6 Å². The Balaban J connectivity index is 0.00000196. The molecule has 4 heterocycles. The third-order valence-corrected chi connectivity index (χ3v) is 4.88. The van der Waals surface area contributed by atoms with Crippen LogP contribution in [0.15, 0.2) is 16.8 Å². The molecule has 0 radical (unpaired) electrons. The summed E-state index contributed by atoms with van der Waals surface area (Å²) < 4.78 is 12.9. The molecule has 0 amide bonds. The van der Waals surface area contributed by atoms with Crippen LogP contribution in [0.3, 0.4) is 0 Å². The molecule has 4 rings (SSSR count). The molecule has 0 aromatic carbocycles. The van der Waals surface area contributed by atoms with Gasteiger partial charge in [-0.15, -0.1) is 12.4 Å². The molecule has 1 aliphatic rings. The van der Waals surface area contributed by atoms with E-state index in [0.717, 1.165) is 48.5 Å². The fraction of sp³-hybridized carbons (Fsp3) is 0.529. The quantitative estimate of drug-likeness (QED) is 0.743. The van der Waals surface area contributed by atoms with Crippen LogP contribution in [0.5, 0.6) is 0 Å². The van der Waals surface area contributed by atoms with Crippen molar-refractivity contribution in [3.8, 4) is 11.4 Å². The first-order valence-electron chi connectivity index (χ1n) is 8.49. The summed E-state index contributed by atoms with van der Waals surface area (Å²) in [5, 5.41) is 12.0. The lowest BCUT2D eigenvalue weighted by Crippen LogP contribution is -2.43. The number of halogens is 1. The van der Waals surface area contributed by atoms with E-state index in [1.807, 2.05) is 19.9 Å². The molecular formula is C17H23ClN6O2. The predicted octanol–water partition coefficient (Wildman–Crippen LogP) is 2.09. The first kappa shape index (κ1) is 18.8. The van der Waals surface area contributed by atoms with E-state index in [0.29, 0.717) is 18.3 Å². The lowest BCUT2D eigenvalue weighted by Gasteiger charge is -2.33. The van der Waals surface area contributed by atoms with Crippen molar-refractivity contribution in [2.24, 2.45) is 0 Å². The maximum atomic E-state index is 5.66. The number of piperidine rings is 1. The summed E-state index contributed by atoms with van der Waals surface area (Å²) in [5.41, 5.74) is 3.25. The number of hydrogen-bond acceptors (Lipinski definition) is 7. The molecule has 1 saturated heterocycles. The molecule has 3 aromatic heterocycles. The Kier molecular flexibility index (Phi) is 5.27. The van der Waals surface area contributed by atoms with Gasteiger partial charge in [-0.1, -0.05) is 5.16 Å². The fourth-order valence-electron chi connectivity index (χ4n) is 3.58. The highest BCUT2D eigenvalue weighted by atomic mass is 35.5. The molecule has 0 unspecified atom stereocenters. The molecule has 1 aliphatic heterocycles. The van der Waals surface area contributed by atoms with E-state index in [4.69, 9.17) is 14.2 Å². The van der Waals surface area contributed by atoms with Crippen molar-refractivity contribution in [3.05, 3.63) is 29.5 Å². The van der Waals surface area contributed by atoms with Crippen LogP contribution in [0.4, 0.5) is 0 Å². The average molecular weight is 379 g/mol. The van der Waals surface area contributed by atoms with Gasteiger partial charge in [-0.05, 0) is 45.8 Å². The molecular weight excluding hydrogens is 356 g/mol. The van der Waals surface area contributed by atoms with Crippen molar-refractivity contribution in [1.82, 2.24) is 30.1 Å². The number of aromatic nitrogens is 5. The van der Waals surface area contributed by atoms with Gasteiger partial charge in [0.05, 0.1) is 23.8 Å². The second-order valence-corrected chi connectivity index (χ2v) is 6.72. The third kappa shape index (κ3) is 3.08. The zero-order valence-corrected chi connectivity index (χ0v) is 16.0. The number of methoxy groups -OCH3 is 1. The molecule has 9 heteroatoms. The van der Waals surface area contributed by atoms with Crippen molar-refractivity contribution in [1.29, 1.82) is 0 Å². The normalized spacial score (nSPS) is 16.6. The van der Waals surface area contributed by atoms with E-state index >= 15 is 0 Å². The number of aryl methyl sites for hydroxylation is 2. The Bertz CT molecular complexity index is 894. The average Bonchev–Trinajstić information content (AvgIpc) is 3.23. The monoisotopic (exact) mass is 378 g/mol. The summed E-state index contributed by atoms with van der Waals surface area (Å²) in [6.45, 7) is 6.37. The van der Waals surface area contributed by atoms with Crippen LogP contribution in [-0.4, -0.2) is 51.5 Å². The van der Waals surface area contributed by atoms with Gasteiger partial charge in [0.2, 0.25) is 11.7 Å². The largest absolute Gasteiger partial charge is 0.384 e. The minimum absolute atomic E-state index is 0. The summed E-state index contributed by atoms with van der Waals surface area (Å²) >= 11 is 0. The summed E-state index contributed by atoms with van der Waals surface area (Å²) in [7, 11) is 1.71. The van der Waals surface area contributed by atoms with Crippen LogP contribution >= 0.6 is 12.4 Å². The van der Waals surface area contributed by atoms with E-state index in [1.165, 1.54) is 0 Å². The Morgan fingerprint density at radius 3 is 2.77 bits per heavy atom. The Morgan fingerprint density at radius 2 is 2.04 bits per heavy atom. The predicted molar refractivity (Wildman–Crippen MR) is 98.7 cm³/mol. The summed E-state index contributed by atoms with van der Waals surface area (Å²) in [6, 6.07) is 1.99. The van der Waals surface area contributed by atoms with Crippen LogP contribution in [-0.2, 0) is 10.2 Å². The number of fused-ring (bicyclic) bond motifs is 1. The number of ether oxygens (including phenoxy) is 1. The molecule has 8 nitrogen and oxygen atoms in total. The zero-order valence-electron chi connectivity index (χ0n) is 15.2. The molecule has 0 saturated carbocycles. The fourth-order valence-corrected chi connectivity index (χ4v) is 3.58. The van der Waals surface area contributed by atoms with Gasteiger partial charge >= 0.3 is 0 Å². The van der Waals surface area contributed by atoms with Gasteiger partial charge in [0, 0.05) is 18.5 Å².